The zero-order chi connectivity index (χ0) is 29.9. The lowest BCUT2D eigenvalue weighted by molar-refractivity contribution is 0.0664. The van der Waals surface area contributed by atoms with E-state index in [9.17, 15) is 4.79 Å². The molecule has 10 heteroatoms. The zero-order valence-electron chi connectivity index (χ0n) is 25.6. The molecule has 0 bridgehead atoms. The molecule has 6 rings (SSSR count). The van der Waals surface area contributed by atoms with Crippen LogP contribution in [0.4, 0.5) is 0 Å². The van der Waals surface area contributed by atoms with Crippen LogP contribution in [-0.4, -0.2) is 72.4 Å². The number of carbonyl (C=O) groups is 1. The summed E-state index contributed by atoms with van der Waals surface area (Å²) >= 11 is 0. The lowest BCUT2D eigenvalue weighted by Gasteiger charge is -2.36. The molecule has 1 amide bonds. The molecule has 1 fully saturated rings. The number of pyridine rings is 3. The van der Waals surface area contributed by atoms with E-state index in [1.54, 1.807) is 19.5 Å². The van der Waals surface area contributed by atoms with Crippen molar-refractivity contribution in [2.75, 3.05) is 20.2 Å². The van der Waals surface area contributed by atoms with Crippen LogP contribution in [0.5, 0.6) is 5.75 Å². The topological polar surface area (TPSA) is 103 Å². The van der Waals surface area contributed by atoms with Gasteiger partial charge in [0, 0.05) is 67.1 Å². The lowest BCUT2D eigenvalue weighted by atomic mass is 10.0. The van der Waals surface area contributed by atoms with E-state index in [-0.39, 0.29) is 23.9 Å². The Morgan fingerprint density at radius 3 is 2.50 bits per heavy atom. The number of nitrogens with zero attached hydrogens (tertiary/aromatic N) is 7. The second kappa shape index (κ2) is 10.5. The Balaban J connectivity index is 1.53. The molecule has 5 aromatic heterocycles. The van der Waals surface area contributed by atoms with Gasteiger partial charge in [0.15, 0.2) is 5.82 Å². The van der Waals surface area contributed by atoms with Crippen molar-refractivity contribution in [2.24, 2.45) is 7.05 Å². The standard InChI is InChI=1S/C32H38N8O2/c1-17(2)30-29-20(5)31(32(41)39-15-18(3)35-19(4)16-39)38(7)26(29)12-28(37-30)40-25-11-24(36-21(6)22(25)14-34-40)23-13-33-10-9-27(23)42-8/h9-14,17-19,35H,15-16H2,1-8H3/t18-,19+. The van der Waals surface area contributed by atoms with Crippen molar-refractivity contribution in [3.8, 4) is 22.8 Å². The van der Waals surface area contributed by atoms with Crippen LogP contribution < -0.4 is 10.1 Å². The van der Waals surface area contributed by atoms with Crippen LogP contribution in [-0.2, 0) is 7.05 Å². The van der Waals surface area contributed by atoms with Crippen LogP contribution >= 0.6 is 0 Å². The molecule has 10 nitrogen and oxygen atoms in total. The van der Waals surface area contributed by atoms with E-state index in [0.29, 0.717) is 30.4 Å². The molecule has 0 saturated carbocycles. The third kappa shape index (κ3) is 4.50. The second-order valence-corrected chi connectivity index (χ2v) is 11.8. The van der Waals surface area contributed by atoms with Crippen molar-refractivity contribution in [1.29, 1.82) is 0 Å². The first kappa shape index (κ1) is 27.8. The molecule has 218 valence electrons. The molecule has 5 aromatic rings. The average molecular weight is 567 g/mol. The number of rotatable bonds is 5. The Bertz CT molecular complexity index is 1830. The second-order valence-electron chi connectivity index (χ2n) is 11.8. The molecule has 1 N–H and O–H groups in total. The number of carbonyl (C=O) groups excluding carboxylic acids is 1. The number of piperazine rings is 1. The van der Waals surface area contributed by atoms with Gasteiger partial charge in [0.2, 0.25) is 0 Å². The largest absolute Gasteiger partial charge is 0.496 e. The minimum atomic E-state index is 0.0592. The van der Waals surface area contributed by atoms with Crippen LogP contribution in [0.15, 0.2) is 36.8 Å². The van der Waals surface area contributed by atoms with Gasteiger partial charge in [0.1, 0.15) is 11.4 Å². The van der Waals surface area contributed by atoms with Crippen molar-refractivity contribution in [3.05, 3.63) is 59.4 Å². The van der Waals surface area contributed by atoms with E-state index in [1.165, 1.54) is 0 Å². The SMILES string of the molecule is COc1ccncc1-c1cc2c(cnn2-c2cc3c(c(C(C)C)n2)c(C)c(C(=O)N2C[C@@H](C)N[C@@H](C)C2)n3C)c(C)n1. The molecule has 1 aliphatic heterocycles. The number of fused-ring (bicyclic) bond motifs is 2. The van der Waals surface area contributed by atoms with Gasteiger partial charge in [0.05, 0.1) is 41.3 Å². The fourth-order valence-corrected chi connectivity index (χ4v) is 6.40. The van der Waals surface area contributed by atoms with Crippen molar-refractivity contribution in [1.82, 2.24) is 39.5 Å². The number of ether oxygens (including phenoxy) is 1. The number of amides is 1. The highest BCUT2D eigenvalue weighted by Gasteiger charge is 2.30. The number of methoxy groups -OCH3 is 1. The molecule has 1 saturated heterocycles. The lowest BCUT2D eigenvalue weighted by Crippen LogP contribution is -2.56. The fourth-order valence-electron chi connectivity index (χ4n) is 6.40. The number of hydrogen-bond acceptors (Lipinski definition) is 7. The van der Waals surface area contributed by atoms with E-state index in [1.807, 2.05) is 59.4 Å². The minimum absolute atomic E-state index is 0.0592. The van der Waals surface area contributed by atoms with Crippen LogP contribution in [0, 0.1) is 13.8 Å². The average Bonchev–Trinajstić information content (AvgIpc) is 3.50. The van der Waals surface area contributed by atoms with E-state index >= 15 is 0 Å². The molecule has 42 heavy (non-hydrogen) atoms. The highest BCUT2D eigenvalue weighted by molar-refractivity contribution is 6.03. The monoisotopic (exact) mass is 566 g/mol. The summed E-state index contributed by atoms with van der Waals surface area (Å²) in [5.74, 6) is 1.59. The molecule has 0 aromatic carbocycles. The summed E-state index contributed by atoms with van der Waals surface area (Å²) in [6.45, 7) is 13.9. The number of nitrogens with one attached hydrogen (secondary N) is 1. The Morgan fingerprint density at radius 1 is 1.07 bits per heavy atom. The normalized spacial score (nSPS) is 17.5. The van der Waals surface area contributed by atoms with Gasteiger partial charge < -0.3 is 19.5 Å². The predicted octanol–water partition coefficient (Wildman–Crippen LogP) is 4.94. The quantitative estimate of drug-likeness (QED) is 0.321. The van der Waals surface area contributed by atoms with Crippen LogP contribution in [0.1, 0.15) is 61.1 Å². The van der Waals surface area contributed by atoms with Crippen LogP contribution in [0.2, 0.25) is 0 Å². The maximum absolute atomic E-state index is 14.0. The fraction of sp³-hybridized carbons (Fsp3) is 0.406. The van der Waals surface area contributed by atoms with Gasteiger partial charge in [0.25, 0.3) is 5.91 Å². The molecule has 0 radical (unpaired) electrons. The number of hydrogen-bond donors (Lipinski definition) is 1. The van der Waals surface area contributed by atoms with Gasteiger partial charge in [-0.25, -0.2) is 9.67 Å². The van der Waals surface area contributed by atoms with E-state index in [2.05, 4.69) is 38.0 Å². The molecule has 0 aliphatic carbocycles. The smallest absolute Gasteiger partial charge is 0.270 e. The Labute approximate surface area is 245 Å². The molecule has 1 aliphatic rings. The van der Waals surface area contributed by atoms with Gasteiger partial charge >= 0.3 is 0 Å². The molecule has 0 unspecified atom stereocenters. The molecule has 2 atom stereocenters. The summed E-state index contributed by atoms with van der Waals surface area (Å²) < 4.78 is 9.49. The van der Waals surface area contributed by atoms with Gasteiger partial charge in [-0.3, -0.25) is 14.8 Å². The minimum Gasteiger partial charge on any atom is -0.496 e. The number of aryl methyl sites for hydroxylation is 3. The highest BCUT2D eigenvalue weighted by Crippen LogP contribution is 2.35. The summed E-state index contributed by atoms with van der Waals surface area (Å²) in [6, 6.07) is 6.37. The first-order valence-electron chi connectivity index (χ1n) is 14.5. The summed E-state index contributed by atoms with van der Waals surface area (Å²) in [4.78, 5) is 30.2. The summed E-state index contributed by atoms with van der Waals surface area (Å²) in [7, 11) is 3.62. The maximum Gasteiger partial charge on any atom is 0.270 e. The molecule has 6 heterocycles. The first-order valence-corrected chi connectivity index (χ1v) is 14.5. The summed E-state index contributed by atoms with van der Waals surface area (Å²) in [5, 5.41) is 10.3. The van der Waals surface area contributed by atoms with Crippen LogP contribution in [0.3, 0.4) is 0 Å². The summed E-state index contributed by atoms with van der Waals surface area (Å²) in [5.41, 5.74) is 6.88. The number of aromatic nitrogens is 6. The summed E-state index contributed by atoms with van der Waals surface area (Å²) in [6.07, 6.45) is 5.30. The van der Waals surface area contributed by atoms with Gasteiger partial charge in [-0.05, 0) is 51.3 Å². The Kier molecular flexibility index (Phi) is 6.97. The highest BCUT2D eigenvalue weighted by atomic mass is 16.5. The van der Waals surface area contributed by atoms with E-state index < -0.39 is 0 Å². The van der Waals surface area contributed by atoms with Crippen molar-refractivity contribution >= 4 is 27.7 Å². The Morgan fingerprint density at radius 2 is 1.81 bits per heavy atom. The van der Waals surface area contributed by atoms with Gasteiger partial charge in [-0.2, -0.15) is 5.10 Å². The molecular weight excluding hydrogens is 528 g/mol. The zero-order valence-corrected chi connectivity index (χ0v) is 25.6. The van der Waals surface area contributed by atoms with E-state index in [4.69, 9.17) is 19.8 Å². The predicted molar refractivity (Wildman–Crippen MR) is 164 cm³/mol. The van der Waals surface area contributed by atoms with Crippen LogP contribution in [0.25, 0.3) is 38.9 Å². The first-order chi connectivity index (χ1) is 20.1. The maximum atomic E-state index is 14.0. The van der Waals surface area contributed by atoms with Crippen molar-refractivity contribution in [2.45, 2.75) is 59.5 Å². The van der Waals surface area contributed by atoms with Crippen molar-refractivity contribution < 1.29 is 9.53 Å². The van der Waals surface area contributed by atoms with Gasteiger partial charge in [-0.15, -0.1) is 0 Å². The third-order valence-corrected chi connectivity index (χ3v) is 8.29. The Hall–Kier alpha value is -4.31. The van der Waals surface area contributed by atoms with Crippen molar-refractivity contribution in [3.63, 3.8) is 0 Å². The molecule has 0 spiro atoms. The molecular formula is C32H38N8O2. The van der Waals surface area contributed by atoms with Gasteiger partial charge in [-0.1, -0.05) is 13.8 Å². The third-order valence-electron chi connectivity index (χ3n) is 8.29. The van der Waals surface area contributed by atoms with E-state index in [0.717, 1.165) is 50.0 Å².